The summed E-state index contributed by atoms with van der Waals surface area (Å²) in [7, 11) is 0. The number of amides is 2. The largest absolute Gasteiger partial charge is 0.272 e. The predicted molar refractivity (Wildman–Crippen MR) is 59.4 cm³/mol. The Morgan fingerprint density at radius 1 is 1.24 bits per heavy atom. The molecule has 2 N–H and O–H groups in total. The Morgan fingerprint density at radius 2 is 1.82 bits per heavy atom. The van der Waals surface area contributed by atoms with Gasteiger partial charge in [0.05, 0.1) is 4.92 Å². The van der Waals surface area contributed by atoms with Crippen molar-refractivity contribution >= 4 is 29.1 Å². The van der Waals surface area contributed by atoms with E-state index in [2.05, 4.69) is 10.9 Å². The molecule has 17 heavy (non-hydrogen) atoms. The molecule has 0 aliphatic heterocycles. The first kappa shape index (κ1) is 12.9. The molecule has 0 bridgehead atoms. The summed E-state index contributed by atoms with van der Waals surface area (Å²) in [6.45, 7) is 0. The minimum absolute atomic E-state index is 0.119. The zero-order chi connectivity index (χ0) is 12.8. The minimum Gasteiger partial charge on any atom is -0.272 e. The van der Waals surface area contributed by atoms with Crippen molar-refractivity contribution in [2.75, 3.05) is 5.88 Å². The number of benzene rings is 1. The van der Waals surface area contributed by atoms with E-state index in [4.69, 9.17) is 11.6 Å². The molecule has 0 fully saturated rings. The highest BCUT2D eigenvalue weighted by molar-refractivity contribution is 6.27. The van der Waals surface area contributed by atoms with Crippen LogP contribution in [0.1, 0.15) is 10.4 Å². The van der Waals surface area contributed by atoms with Crippen molar-refractivity contribution < 1.29 is 14.5 Å². The van der Waals surface area contributed by atoms with Crippen molar-refractivity contribution in [3.8, 4) is 0 Å². The number of alkyl halides is 1. The lowest BCUT2D eigenvalue weighted by atomic mass is 10.2. The van der Waals surface area contributed by atoms with Crippen molar-refractivity contribution in [1.29, 1.82) is 0 Å². The molecule has 0 atom stereocenters. The summed E-state index contributed by atoms with van der Waals surface area (Å²) in [5.41, 5.74) is 4.24. The lowest BCUT2D eigenvalue weighted by Gasteiger charge is -2.05. The molecule has 0 heterocycles. The van der Waals surface area contributed by atoms with Crippen molar-refractivity contribution in [1.82, 2.24) is 10.9 Å². The molecule has 0 unspecified atom stereocenters. The molecule has 1 aromatic rings. The van der Waals surface area contributed by atoms with E-state index in [0.717, 1.165) is 0 Å². The summed E-state index contributed by atoms with van der Waals surface area (Å²) in [6, 6.07) is 4.94. The van der Waals surface area contributed by atoms with Gasteiger partial charge in [0.15, 0.2) is 0 Å². The SMILES string of the molecule is O=C(CCl)NNC(=O)c1ccc([N+](=O)[O-])cc1. The predicted octanol–water partition coefficient (Wildman–Crippen LogP) is 0.595. The average Bonchev–Trinajstić information content (AvgIpc) is 2.35. The smallest absolute Gasteiger partial charge is 0.269 e. The number of nitro benzene ring substituents is 1. The van der Waals surface area contributed by atoms with Crippen molar-refractivity contribution in [3.63, 3.8) is 0 Å². The topological polar surface area (TPSA) is 101 Å². The van der Waals surface area contributed by atoms with Crippen LogP contribution in [0.25, 0.3) is 0 Å². The summed E-state index contributed by atoms with van der Waals surface area (Å²) in [4.78, 5) is 31.9. The normalized spacial score (nSPS) is 9.47. The molecular weight excluding hydrogens is 250 g/mol. The highest BCUT2D eigenvalue weighted by Crippen LogP contribution is 2.11. The molecule has 8 heteroatoms. The zero-order valence-electron chi connectivity index (χ0n) is 8.47. The highest BCUT2D eigenvalue weighted by Gasteiger charge is 2.09. The number of nitrogens with one attached hydrogen (secondary N) is 2. The Labute approximate surface area is 101 Å². The molecule has 0 aliphatic rings. The maximum absolute atomic E-state index is 11.4. The third-order valence-electron chi connectivity index (χ3n) is 1.78. The summed E-state index contributed by atoms with van der Waals surface area (Å²) < 4.78 is 0. The number of carbonyl (C=O) groups excluding carboxylic acids is 2. The Hall–Kier alpha value is -2.15. The number of non-ortho nitro benzene ring substituents is 1. The molecule has 7 nitrogen and oxygen atoms in total. The van der Waals surface area contributed by atoms with Crippen LogP contribution in [0.4, 0.5) is 5.69 Å². The van der Waals surface area contributed by atoms with Crippen LogP contribution in [0.15, 0.2) is 24.3 Å². The Balaban J connectivity index is 2.64. The Bertz CT molecular complexity index is 446. The van der Waals surface area contributed by atoms with E-state index in [-0.39, 0.29) is 17.1 Å². The van der Waals surface area contributed by atoms with Gasteiger partial charge in [-0.25, -0.2) is 0 Å². The first-order chi connectivity index (χ1) is 8.04. The van der Waals surface area contributed by atoms with E-state index in [1.807, 2.05) is 0 Å². The lowest BCUT2D eigenvalue weighted by Crippen LogP contribution is -2.42. The number of hydrogen-bond donors (Lipinski definition) is 2. The molecule has 2 amide bonds. The van der Waals surface area contributed by atoms with E-state index in [0.29, 0.717) is 0 Å². The Kier molecular flexibility index (Phi) is 4.41. The average molecular weight is 258 g/mol. The van der Waals surface area contributed by atoms with E-state index in [9.17, 15) is 19.7 Å². The molecular formula is C9H8ClN3O4. The van der Waals surface area contributed by atoms with Gasteiger partial charge in [-0.2, -0.15) is 0 Å². The van der Waals surface area contributed by atoms with E-state index in [1.165, 1.54) is 24.3 Å². The summed E-state index contributed by atoms with van der Waals surface area (Å²) >= 11 is 5.20. The van der Waals surface area contributed by atoms with Gasteiger partial charge in [0, 0.05) is 17.7 Å². The van der Waals surface area contributed by atoms with Gasteiger partial charge in [0.25, 0.3) is 17.5 Å². The molecule has 1 aromatic carbocycles. The Morgan fingerprint density at radius 3 is 2.29 bits per heavy atom. The zero-order valence-corrected chi connectivity index (χ0v) is 9.23. The number of hydrogen-bond acceptors (Lipinski definition) is 4. The van der Waals surface area contributed by atoms with Gasteiger partial charge in [0.2, 0.25) is 0 Å². The van der Waals surface area contributed by atoms with Crippen LogP contribution in [0, 0.1) is 10.1 Å². The van der Waals surface area contributed by atoms with Gasteiger partial charge in [-0.15, -0.1) is 11.6 Å². The van der Waals surface area contributed by atoms with Gasteiger partial charge in [-0.05, 0) is 12.1 Å². The molecule has 0 spiro atoms. The van der Waals surface area contributed by atoms with Gasteiger partial charge < -0.3 is 0 Å². The number of nitrogens with zero attached hydrogens (tertiary/aromatic N) is 1. The van der Waals surface area contributed by atoms with Crippen LogP contribution in [0.2, 0.25) is 0 Å². The second-order valence-electron chi connectivity index (χ2n) is 2.94. The lowest BCUT2D eigenvalue weighted by molar-refractivity contribution is -0.384. The summed E-state index contributed by atoms with van der Waals surface area (Å²) in [5, 5.41) is 10.4. The van der Waals surface area contributed by atoms with Gasteiger partial charge in [-0.1, -0.05) is 0 Å². The molecule has 1 rings (SSSR count). The van der Waals surface area contributed by atoms with Gasteiger partial charge in [-0.3, -0.25) is 30.6 Å². The van der Waals surface area contributed by atoms with Gasteiger partial charge in [0.1, 0.15) is 5.88 Å². The fourth-order valence-electron chi connectivity index (χ4n) is 0.967. The third-order valence-corrected chi connectivity index (χ3v) is 2.02. The fourth-order valence-corrected chi connectivity index (χ4v) is 1.03. The first-order valence-corrected chi connectivity index (χ1v) is 4.97. The molecule has 90 valence electrons. The second kappa shape index (κ2) is 5.80. The standard InChI is InChI=1S/C9H8ClN3O4/c10-5-8(14)11-12-9(15)6-1-3-7(4-2-6)13(16)17/h1-4H,5H2,(H,11,14)(H,12,15). The van der Waals surface area contributed by atoms with Crippen LogP contribution in [-0.4, -0.2) is 22.6 Å². The quantitative estimate of drug-likeness (QED) is 0.470. The van der Waals surface area contributed by atoms with E-state index < -0.39 is 16.7 Å². The van der Waals surface area contributed by atoms with E-state index >= 15 is 0 Å². The molecule has 0 aromatic heterocycles. The van der Waals surface area contributed by atoms with Crippen LogP contribution < -0.4 is 10.9 Å². The number of hydrazine groups is 1. The van der Waals surface area contributed by atoms with Crippen LogP contribution in [0.5, 0.6) is 0 Å². The van der Waals surface area contributed by atoms with Gasteiger partial charge >= 0.3 is 0 Å². The van der Waals surface area contributed by atoms with Crippen molar-refractivity contribution in [2.24, 2.45) is 0 Å². The second-order valence-corrected chi connectivity index (χ2v) is 3.21. The first-order valence-electron chi connectivity index (χ1n) is 4.44. The van der Waals surface area contributed by atoms with Crippen LogP contribution >= 0.6 is 11.6 Å². The highest BCUT2D eigenvalue weighted by atomic mass is 35.5. The van der Waals surface area contributed by atoms with Crippen LogP contribution in [-0.2, 0) is 4.79 Å². The number of nitro groups is 1. The molecule has 0 aliphatic carbocycles. The summed E-state index contributed by atoms with van der Waals surface area (Å²) in [6.07, 6.45) is 0. The van der Waals surface area contributed by atoms with Crippen molar-refractivity contribution in [2.45, 2.75) is 0 Å². The maximum atomic E-state index is 11.4. The van der Waals surface area contributed by atoms with E-state index in [1.54, 1.807) is 0 Å². The monoisotopic (exact) mass is 257 g/mol. The van der Waals surface area contributed by atoms with Crippen molar-refractivity contribution in [3.05, 3.63) is 39.9 Å². The summed E-state index contributed by atoms with van der Waals surface area (Å²) in [5.74, 6) is -1.42. The number of halogens is 1. The molecule has 0 saturated heterocycles. The molecule has 0 radical (unpaired) electrons. The maximum Gasteiger partial charge on any atom is 0.269 e. The molecule has 0 saturated carbocycles. The fraction of sp³-hybridized carbons (Fsp3) is 0.111. The number of rotatable bonds is 3. The number of carbonyl (C=O) groups is 2. The minimum atomic E-state index is -0.585. The van der Waals surface area contributed by atoms with Crippen LogP contribution in [0.3, 0.4) is 0 Å². The third kappa shape index (κ3) is 3.72.